The van der Waals surface area contributed by atoms with Gasteiger partial charge in [0.1, 0.15) is 0 Å². The van der Waals surface area contributed by atoms with E-state index in [1.165, 1.54) is 0 Å². The lowest BCUT2D eigenvalue weighted by Crippen LogP contribution is -2.40. The van der Waals surface area contributed by atoms with Crippen LogP contribution in [0.5, 0.6) is 0 Å². The highest BCUT2D eigenvalue weighted by Crippen LogP contribution is 2.12. The molecule has 94 valence electrons. The fourth-order valence-corrected chi connectivity index (χ4v) is 1.51. The third-order valence-electron chi connectivity index (χ3n) is 2.99. The molecule has 0 heterocycles. The average molecular weight is 235 g/mol. The summed E-state index contributed by atoms with van der Waals surface area (Å²) in [7, 11) is 0. The summed E-state index contributed by atoms with van der Waals surface area (Å²) in [5.74, 6) is 0.0289. The Labute approximate surface area is 102 Å². The molecular formula is C13H21N3O. The van der Waals surface area contributed by atoms with Gasteiger partial charge in [-0.05, 0) is 23.6 Å². The minimum Gasteiger partial charge on any atom is -0.326 e. The summed E-state index contributed by atoms with van der Waals surface area (Å²) in [6.45, 7) is 4.45. The van der Waals surface area contributed by atoms with Gasteiger partial charge in [-0.3, -0.25) is 4.79 Å². The lowest BCUT2D eigenvalue weighted by atomic mass is 9.99. The van der Waals surface area contributed by atoms with Gasteiger partial charge < -0.3 is 16.8 Å². The Hall–Kier alpha value is -1.39. The van der Waals surface area contributed by atoms with E-state index in [-0.39, 0.29) is 11.8 Å². The Morgan fingerprint density at radius 3 is 2.76 bits per heavy atom. The van der Waals surface area contributed by atoms with Gasteiger partial charge in [-0.25, -0.2) is 0 Å². The van der Waals surface area contributed by atoms with Crippen molar-refractivity contribution in [2.24, 2.45) is 17.4 Å². The number of anilines is 1. The summed E-state index contributed by atoms with van der Waals surface area (Å²) < 4.78 is 0. The maximum Gasteiger partial charge on any atom is 0.241 e. The van der Waals surface area contributed by atoms with Gasteiger partial charge in [0.15, 0.2) is 0 Å². The highest BCUT2D eigenvalue weighted by molar-refractivity contribution is 5.94. The smallest absolute Gasteiger partial charge is 0.241 e. The van der Waals surface area contributed by atoms with E-state index >= 15 is 0 Å². The van der Waals surface area contributed by atoms with Crippen LogP contribution in [0, 0.1) is 5.92 Å². The van der Waals surface area contributed by atoms with Gasteiger partial charge in [0, 0.05) is 12.2 Å². The minimum atomic E-state index is -0.471. The van der Waals surface area contributed by atoms with Crippen LogP contribution in [0.2, 0.25) is 0 Å². The van der Waals surface area contributed by atoms with Crippen LogP contribution in [0.25, 0.3) is 0 Å². The second-order valence-electron chi connectivity index (χ2n) is 4.31. The Balaban J connectivity index is 2.67. The molecule has 0 radical (unpaired) electrons. The molecule has 1 unspecified atom stereocenters. The van der Waals surface area contributed by atoms with Crippen LogP contribution in [-0.2, 0) is 11.3 Å². The van der Waals surface area contributed by atoms with E-state index in [1.807, 2.05) is 38.1 Å². The quantitative estimate of drug-likeness (QED) is 0.722. The number of amides is 1. The third kappa shape index (κ3) is 3.84. The first-order chi connectivity index (χ1) is 8.08. The normalized spacial score (nSPS) is 14.1. The van der Waals surface area contributed by atoms with Crippen molar-refractivity contribution < 1.29 is 4.79 Å². The molecular weight excluding hydrogens is 214 g/mol. The van der Waals surface area contributed by atoms with Crippen molar-refractivity contribution in [3.63, 3.8) is 0 Å². The summed E-state index contributed by atoms with van der Waals surface area (Å²) >= 11 is 0. The van der Waals surface area contributed by atoms with Crippen LogP contribution in [0.15, 0.2) is 24.3 Å². The van der Waals surface area contributed by atoms with Gasteiger partial charge in [0.2, 0.25) is 5.91 Å². The van der Waals surface area contributed by atoms with Crippen LogP contribution < -0.4 is 16.8 Å². The summed E-state index contributed by atoms with van der Waals surface area (Å²) in [6.07, 6.45) is 0.886. The number of rotatable bonds is 5. The molecule has 0 saturated heterocycles. The molecule has 17 heavy (non-hydrogen) atoms. The fourth-order valence-electron chi connectivity index (χ4n) is 1.51. The molecule has 1 aromatic rings. The first kappa shape index (κ1) is 13.7. The first-order valence-corrected chi connectivity index (χ1v) is 5.94. The highest BCUT2D eigenvalue weighted by atomic mass is 16.2. The maximum absolute atomic E-state index is 11.8. The summed E-state index contributed by atoms with van der Waals surface area (Å²) in [4.78, 5) is 11.8. The summed E-state index contributed by atoms with van der Waals surface area (Å²) in [5, 5.41) is 2.81. The Bertz CT molecular complexity index is 379. The molecule has 1 aromatic carbocycles. The monoisotopic (exact) mass is 235 g/mol. The van der Waals surface area contributed by atoms with Gasteiger partial charge in [-0.2, -0.15) is 0 Å². The third-order valence-corrected chi connectivity index (χ3v) is 2.99. The van der Waals surface area contributed by atoms with E-state index in [0.717, 1.165) is 17.7 Å². The van der Waals surface area contributed by atoms with Crippen LogP contribution in [0.4, 0.5) is 5.69 Å². The van der Waals surface area contributed by atoms with Crippen molar-refractivity contribution in [1.29, 1.82) is 0 Å². The number of hydrogen-bond acceptors (Lipinski definition) is 3. The molecule has 2 atom stereocenters. The predicted molar refractivity (Wildman–Crippen MR) is 70.4 cm³/mol. The minimum absolute atomic E-state index is 0.145. The van der Waals surface area contributed by atoms with Crippen molar-refractivity contribution in [3.8, 4) is 0 Å². The van der Waals surface area contributed by atoms with E-state index < -0.39 is 6.04 Å². The summed E-state index contributed by atoms with van der Waals surface area (Å²) in [6, 6.07) is 7.01. The van der Waals surface area contributed by atoms with E-state index in [0.29, 0.717) is 6.54 Å². The molecule has 4 nitrogen and oxygen atoms in total. The predicted octanol–water partition coefficient (Wildman–Crippen LogP) is 1.46. The number of nitrogens with two attached hydrogens (primary N) is 2. The number of nitrogens with one attached hydrogen (secondary N) is 1. The first-order valence-electron chi connectivity index (χ1n) is 5.94. The number of benzene rings is 1. The van der Waals surface area contributed by atoms with E-state index in [9.17, 15) is 4.79 Å². The molecule has 0 fully saturated rings. The van der Waals surface area contributed by atoms with Gasteiger partial charge >= 0.3 is 0 Å². The zero-order chi connectivity index (χ0) is 12.8. The van der Waals surface area contributed by atoms with Gasteiger partial charge in [0.05, 0.1) is 6.04 Å². The standard InChI is InChI=1S/C13H21N3O/c1-3-9(2)12(15)13(17)16-11-6-4-5-10(7-11)8-14/h4-7,9,12H,3,8,14-15H2,1-2H3,(H,16,17)/t9?,12-/m0/s1. The SMILES string of the molecule is CCC(C)[C@H](N)C(=O)Nc1cccc(CN)c1. The molecule has 1 amide bonds. The second kappa shape index (κ2) is 6.37. The van der Waals surface area contributed by atoms with Crippen LogP contribution in [0.3, 0.4) is 0 Å². The van der Waals surface area contributed by atoms with Crippen molar-refractivity contribution >= 4 is 11.6 Å². The molecule has 1 rings (SSSR count). The molecule has 0 saturated carbocycles. The average Bonchev–Trinajstić information content (AvgIpc) is 2.37. The lowest BCUT2D eigenvalue weighted by Gasteiger charge is -2.17. The van der Waals surface area contributed by atoms with Crippen molar-refractivity contribution in [3.05, 3.63) is 29.8 Å². The van der Waals surface area contributed by atoms with Crippen molar-refractivity contribution in [2.45, 2.75) is 32.9 Å². The zero-order valence-electron chi connectivity index (χ0n) is 10.4. The van der Waals surface area contributed by atoms with Crippen LogP contribution in [0.1, 0.15) is 25.8 Å². The van der Waals surface area contributed by atoms with Crippen LogP contribution >= 0.6 is 0 Å². The Kier molecular flexibility index (Phi) is 5.12. The van der Waals surface area contributed by atoms with Crippen molar-refractivity contribution in [2.75, 3.05) is 5.32 Å². The van der Waals surface area contributed by atoms with Gasteiger partial charge in [-0.1, -0.05) is 32.4 Å². The Morgan fingerprint density at radius 2 is 2.18 bits per heavy atom. The molecule has 0 bridgehead atoms. The fraction of sp³-hybridized carbons (Fsp3) is 0.462. The van der Waals surface area contributed by atoms with Crippen LogP contribution in [-0.4, -0.2) is 11.9 Å². The topological polar surface area (TPSA) is 81.1 Å². The lowest BCUT2D eigenvalue weighted by molar-refractivity contribution is -0.118. The number of carbonyl (C=O) groups excluding carboxylic acids is 1. The number of hydrogen-bond donors (Lipinski definition) is 3. The number of carbonyl (C=O) groups is 1. The largest absolute Gasteiger partial charge is 0.326 e. The maximum atomic E-state index is 11.8. The molecule has 0 aliphatic heterocycles. The van der Waals surface area contributed by atoms with Gasteiger partial charge in [-0.15, -0.1) is 0 Å². The van der Waals surface area contributed by atoms with Crippen molar-refractivity contribution in [1.82, 2.24) is 0 Å². The summed E-state index contributed by atoms with van der Waals surface area (Å²) in [5.41, 5.74) is 13.1. The molecule has 0 aliphatic rings. The molecule has 0 aromatic heterocycles. The molecule has 0 spiro atoms. The highest BCUT2D eigenvalue weighted by Gasteiger charge is 2.19. The molecule has 5 N–H and O–H groups in total. The molecule has 0 aliphatic carbocycles. The molecule has 4 heteroatoms. The van der Waals surface area contributed by atoms with E-state index in [4.69, 9.17) is 11.5 Å². The zero-order valence-corrected chi connectivity index (χ0v) is 10.4. The Morgan fingerprint density at radius 1 is 1.47 bits per heavy atom. The van der Waals surface area contributed by atoms with E-state index in [1.54, 1.807) is 0 Å². The second-order valence-corrected chi connectivity index (χ2v) is 4.31. The van der Waals surface area contributed by atoms with Gasteiger partial charge in [0.25, 0.3) is 0 Å². The van der Waals surface area contributed by atoms with E-state index in [2.05, 4.69) is 5.32 Å².